The van der Waals surface area contributed by atoms with Gasteiger partial charge in [0.15, 0.2) is 0 Å². The van der Waals surface area contributed by atoms with Crippen molar-refractivity contribution in [3.8, 4) is 11.6 Å². The van der Waals surface area contributed by atoms with Gasteiger partial charge in [0, 0.05) is 7.05 Å². The molecule has 1 heterocycles. The molecule has 2 rings (SSSR count). The zero-order valence-electron chi connectivity index (χ0n) is 11.1. The highest BCUT2D eigenvalue weighted by Crippen LogP contribution is 2.35. The van der Waals surface area contributed by atoms with Crippen molar-refractivity contribution in [2.75, 3.05) is 12.4 Å². The molecule has 2 aromatic rings. The Hall–Kier alpha value is -1.62. The Bertz CT molecular complexity index is 572. The summed E-state index contributed by atoms with van der Waals surface area (Å²) in [5, 5.41) is 3.07. The molecule has 0 saturated carbocycles. The van der Waals surface area contributed by atoms with Crippen molar-refractivity contribution in [3.63, 3.8) is 0 Å². The first-order valence-corrected chi connectivity index (χ1v) is 6.87. The first-order valence-electron chi connectivity index (χ1n) is 6.08. The van der Waals surface area contributed by atoms with Crippen molar-refractivity contribution < 1.29 is 4.74 Å². The van der Waals surface area contributed by atoms with E-state index in [0.717, 1.165) is 21.6 Å². The van der Waals surface area contributed by atoms with Crippen molar-refractivity contribution in [2.24, 2.45) is 0 Å². The van der Waals surface area contributed by atoms with Crippen LogP contribution < -0.4 is 10.1 Å². The van der Waals surface area contributed by atoms with Crippen molar-refractivity contribution in [1.82, 2.24) is 9.97 Å². The predicted molar refractivity (Wildman–Crippen MR) is 79.9 cm³/mol. The molecule has 19 heavy (non-hydrogen) atoms. The Labute approximate surface area is 121 Å². The molecule has 5 heteroatoms. The summed E-state index contributed by atoms with van der Waals surface area (Å²) in [6.07, 6.45) is 1.50. The van der Waals surface area contributed by atoms with Crippen LogP contribution in [0.15, 0.2) is 35.1 Å². The highest BCUT2D eigenvalue weighted by Gasteiger charge is 2.16. The fourth-order valence-corrected chi connectivity index (χ4v) is 2.18. The van der Waals surface area contributed by atoms with E-state index < -0.39 is 0 Å². The second-order valence-electron chi connectivity index (χ2n) is 4.38. The lowest BCUT2D eigenvalue weighted by molar-refractivity contribution is 0.449. The van der Waals surface area contributed by atoms with E-state index in [1.54, 1.807) is 0 Å². The molecule has 0 radical (unpaired) electrons. The number of nitrogens with one attached hydrogen (secondary N) is 1. The summed E-state index contributed by atoms with van der Waals surface area (Å²) < 4.78 is 6.80. The van der Waals surface area contributed by atoms with E-state index in [1.807, 2.05) is 31.3 Å². The van der Waals surface area contributed by atoms with Crippen molar-refractivity contribution >= 4 is 21.7 Å². The number of nitrogens with zero attached hydrogens (tertiary/aromatic N) is 2. The molecule has 1 aromatic heterocycles. The Morgan fingerprint density at radius 2 is 1.95 bits per heavy atom. The Morgan fingerprint density at radius 1 is 1.21 bits per heavy atom. The summed E-state index contributed by atoms with van der Waals surface area (Å²) >= 11 is 3.47. The van der Waals surface area contributed by atoms with E-state index in [0.29, 0.717) is 5.88 Å². The van der Waals surface area contributed by atoms with Gasteiger partial charge in [-0.2, -0.15) is 0 Å². The van der Waals surface area contributed by atoms with Gasteiger partial charge in [0.1, 0.15) is 17.9 Å². The summed E-state index contributed by atoms with van der Waals surface area (Å²) in [6, 6.07) is 7.70. The molecule has 0 saturated heterocycles. The number of aromatic nitrogens is 2. The van der Waals surface area contributed by atoms with Crippen LogP contribution in [0.3, 0.4) is 0 Å². The molecule has 0 spiro atoms. The van der Waals surface area contributed by atoms with Crippen LogP contribution in [0.25, 0.3) is 0 Å². The summed E-state index contributed by atoms with van der Waals surface area (Å²) in [6.45, 7) is 4.18. The molecule has 0 amide bonds. The number of rotatable bonds is 4. The fraction of sp³-hybridized carbons (Fsp3) is 0.286. The van der Waals surface area contributed by atoms with Gasteiger partial charge in [-0.05, 0) is 34.0 Å². The van der Waals surface area contributed by atoms with Gasteiger partial charge in [0.25, 0.3) is 0 Å². The van der Waals surface area contributed by atoms with Crippen LogP contribution in [0.5, 0.6) is 11.6 Å². The summed E-state index contributed by atoms with van der Waals surface area (Å²) in [7, 11) is 1.84. The van der Waals surface area contributed by atoms with Crippen molar-refractivity contribution in [3.05, 3.63) is 40.6 Å². The van der Waals surface area contributed by atoms with E-state index in [1.165, 1.54) is 6.33 Å². The maximum atomic E-state index is 5.91. The summed E-state index contributed by atoms with van der Waals surface area (Å²) in [4.78, 5) is 8.48. The zero-order valence-corrected chi connectivity index (χ0v) is 12.7. The Kier molecular flexibility index (Phi) is 4.37. The molecule has 4 nitrogen and oxygen atoms in total. The van der Waals surface area contributed by atoms with Gasteiger partial charge in [-0.1, -0.05) is 26.0 Å². The minimum absolute atomic E-state index is 0.265. The zero-order chi connectivity index (χ0) is 13.8. The fourth-order valence-electron chi connectivity index (χ4n) is 1.81. The quantitative estimate of drug-likeness (QED) is 0.916. The third-order valence-corrected chi connectivity index (χ3v) is 3.36. The molecule has 0 unspecified atom stereocenters. The van der Waals surface area contributed by atoms with Crippen LogP contribution >= 0.6 is 15.9 Å². The van der Waals surface area contributed by atoms with Crippen LogP contribution in [-0.2, 0) is 0 Å². The van der Waals surface area contributed by atoms with Crippen LogP contribution in [0.1, 0.15) is 25.3 Å². The number of benzene rings is 1. The number of halogens is 1. The molecular weight excluding hydrogens is 306 g/mol. The predicted octanol–water partition coefficient (Wildman–Crippen LogP) is 4.20. The van der Waals surface area contributed by atoms with Gasteiger partial charge >= 0.3 is 0 Å². The number of para-hydroxylation sites is 1. The highest BCUT2D eigenvalue weighted by molar-refractivity contribution is 9.10. The minimum Gasteiger partial charge on any atom is -0.437 e. The largest absolute Gasteiger partial charge is 0.437 e. The SMILES string of the molecule is CNc1ncnc(Oc2ccccc2Br)c1C(C)C. The molecule has 1 aromatic carbocycles. The molecule has 0 fully saturated rings. The molecule has 1 N–H and O–H groups in total. The number of hydrogen-bond donors (Lipinski definition) is 1. The Morgan fingerprint density at radius 3 is 2.58 bits per heavy atom. The van der Waals surface area contributed by atoms with Gasteiger partial charge in [0.05, 0.1) is 10.0 Å². The van der Waals surface area contributed by atoms with E-state index in [-0.39, 0.29) is 5.92 Å². The lowest BCUT2D eigenvalue weighted by Gasteiger charge is -2.16. The molecular formula is C14H16BrN3O. The van der Waals surface area contributed by atoms with Crippen LogP contribution in [0, 0.1) is 0 Å². The molecule has 100 valence electrons. The van der Waals surface area contributed by atoms with Gasteiger partial charge in [-0.3, -0.25) is 0 Å². The van der Waals surface area contributed by atoms with Gasteiger partial charge in [0.2, 0.25) is 5.88 Å². The lowest BCUT2D eigenvalue weighted by Crippen LogP contribution is -2.04. The monoisotopic (exact) mass is 321 g/mol. The van der Waals surface area contributed by atoms with E-state index >= 15 is 0 Å². The number of hydrogen-bond acceptors (Lipinski definition) is 4. The third kappa shape index (κ3) is 3.04. The van der Waals surface area contributed by atoms with Crippen LogP contribution in [0.2, 0.25) is 0 Å². The molecule has 0 atom stereocenters. The average Bonchev–Trinajstić information content (AvgIpc) is 2.40. The highest BCUT2D eigenvalue weighted by atomic mass is 79.9. The molecule has 0 bridgehead atoms. The average molecular weight is 322 g/mol. The second kappa shape index (κ2) is 6.02. The summed E-state index contributed by atoms with van der Waals surface area (Å²) in [5.74, 6) is 2.39. The van der Waals surface area contributed by atoms with Crippen molar-refractivity contribution in [2.45, 2.75) is 19.8 Å². The number of ether oxygens (including phenoxy) is 1. The van der Waals surface area contributed by atoms with Crippen molar-refractivity contribution in [1.29, 1.82) is 0 Å². The maximum absolute atomic E-state index is 5.91. The van der Waals surface area contributed by atoms with E-state index in [9.17, 15) is 0 Å². The summed E-state index contributed by atoms with van der Waals surface area (Å²) in [5.41, 5.74) is 0.973. The number of anilines is 1. The van der Waals surface area contributed by atoms with Gasteiger partial charge < -0.3 is 10.1 Å². The maximum Gasteiger partial charge on any atom is 0.227 e. The lowest BCUT2D eigenvalue weighted by atomic mass is 10.1. The molecule has 0 aliphatic carbocycles. The van der Waals surface area contributed by atoms with Gasteiger partial charge in [-0.25, -0.2) is 9.97 Å². The van der Waals surface area contributed by atoms with E-state index in [2.05, 4.69) is 45.1 Å². The normalized spacial score (nSPS) is 10.6. The topological polar surface area (TPSA) is 47.0 Å². The molecule has 0 aliphatic heterocycles. The molecule has 0 aliphatic rings. The first kappa shape index (κ1) is 13.8. The standard InChI is InChI=1S/C14H16BrN3O/c1-9(2)12-13(16-3)17-8-18-14(12)19-11-7-5-4-6-10(11)15/h4-9H,1-3H3,(H,16,17,18). The van der Waals surface area contributed by atoms with E-state index in [4.69, 9.17) is 4.74 Å². The third-order valence-electron chi connectivity index (χ3n) is 2.70. The van der Waals surface area contributed by atoms with Crippen LogP contribution in [-0.4, -0.2) is 17.0 Å². The van der Waals surface area contributed by atoms with Crippen LogP contribution in [0.4, 0.5) is 5.82 Å². The van der Waals surface area contributed by atoms with Gasteiger partial charge in [-0.15, -0.1) is 0 Å². The Balaban J connectivity index is 2.43. The second-order valence-corrected chi connectivity index (χ2v) is 5.23. The smallest absolute Gasteiger partial charge is 0.227 e. The minimum atomic E-state index is 0.265. The first-order chi connectivity index (χ1) is 9.13.